The molecule has 5 amide bonds. The van der Waals surface area contributed by atoms with E-state index < -0.39 is 36.1 Å². The number of amides is 5. The van der Waals surface area contributed by atoms with Crippen LogP contribution in [0.2, 0.25) is 0 Å². The fourth-order valence-electron chi connectivity index (χ4n) is 3.16. The van der Waals surface area contributed by atoms with Gasteiger partial charge in [-0.1, -0.05) is 18.9 Å². The lowest BCUT2D eigenvalue weighted by Gasteiger charge is -2.20. The van der Waals surface area contributed by atoms with Crippen molar-refractivity contribution in [3.05, 3.63) is 29.6 Å². The smallest absolute Gasteiger partial charge is 0.324 e. The third-order valence-electron chi connectivity index (χ3n) is 4.53. The number of anilines is 1. The first-order chi connectivity index (χ1) is 11.9. The zero-order valence-corrected chi connectivity index (χ0v) is 13.8. The van der Waals surface area contributed by atoms with Crippen molar-refractivity contribution in [2.45, 2.75) is 38.6 Å². The number of carbonyl (C=O) groups is 4. The summed E-state index contributed by atoms with van der Waals surface area (Å²) in [4.78, 5) is 50.2. The van der Waals surface area contributed by atoms with Gasteiger partial charge >= 0.3 is 17.8 Å². The molecule has 0 atom stereocenters. The van der Waals surface area contributed by atoms with Crippen molar-refractivity contribution in [3.8, 4) is 0 Å². The SMILES string of the molecule is Cc1ccc(NC(=O)CN2C(=O)C(=O)N(C3CCCC3)C2=O)cc1F. The molecule has 132 valence electrons. The summed E-state index contributed by atoms with van der Waals surface area (Å²) in [6.45, 7) is 1.01. The van der Waals surface area contributed by atoms with E-state index in [9.17, 15) is 23.6 Å². The summed E-state index contributed by atoms with van der Waals surface area (Å²) in [6, 6.07) is 3.13. The Morgan fingerprint density at radius 1 is 1.20 bits per heavy atom. The third-order valence-corrected chi connectivity index (χ3v) is 4.53. The van der Waals surface area contributed by atoms with E-state index in [4.69, 9.17) is 0 Å². The molecule has 1 aliphatic carbocycles. The number of hydrogen-bond donors (Lipinski definition) is 1. The standard InChI is InChI=1S/C17H18FN3O4/c1-10-6-7-11(8-13(10)18)19-14(22)9-20-15(23)16(24)21(17(20)25)12-4-2-3-5-12/h6-8,12H,2-5,9H2,1H3,(H,19,22). The quantitative estimate of drug-likeness (QED) is 0.665. The number of hydrogen-bond acceptors (Lipinski definition) is 4. The molecule has 1 N–H and O–H groups in total. The molecule has 0 unspecified atom stereocenters. The summed E-state index contributed by atoms with van der Waals surface area (Å²) in [5, 5.41) is 2.42. The summed E-state index contributed by atoms with van der Waals surface area (Å²) >= 11 is 0. The van der Waals surface area contributed by atoms with Crippen LogP contribution >= 0.6 is 0 Å². The Balaban J connectivity index is 1.68. The van der Waals surface area contributed by atoms with Crippen LogP contribution in [0.5, 0.6) is 0 Å². The summed E-state index contributed by atoms with van der Waals surface area (Å²) in [6.07, 6.45) is 3.14. The first kappa shape index (κ1) is 17.1. The maximum atomic E-state index is 13.5. The zero-order valence-electron chi connectivity index (χ0n) is 13.8. The van der Waals surface area contributed by atoms with Crippen molar-refractivity contribution < 1.29 is 23.6 Å². The highest BCUT2D eigenvalue weighted by molar-refractivity contribution is 6.45. The van der Waals surface area contributed by atoms with Crippen LogP contribution in [0, 0.1) is 12.7 Å². The molecule has 3 rings (SSSR count). The van der Waals surface area contributed by atoms with Gasteiger partial charge < -0.3 is 5.32 Å². The molecule has 1 saturated heterocycles. The number of carbonyl (C=O) groups excluding carboxylic acids is 4. The lowest BCUT2D eigenvalue weighted by Crippen LogP contribution is -2.41. The lowest BCUT2D eigenvalue weighted by molar-refractivity contribution is -0.144. The first-order valence-electron chi connectivity index (χ1n) is 8.13. The van der Waals surface area contributed by atoms with Crippen molar-refractivity contribution >= 4 is 29.4 Å². The van der Waals surface area contributed by atoms with Gasteiger partial charge in [0.05, 0.1) is 0 Å². The molecular formula is C17H18FN3O4. The second kappa shape index (κ2) is 6.62. The number of halogens is 1. The molecule has 8 heteroatoms. The summed E-state index contributed by atoms with van der Waals surface area (Å²) in [7, 11) is 0. The Morgan fingerprint density at radius 2 is 1.88 bits per heavy atom. The normalized spacial score (nSPS) is 18.4. The van der Waals surface area contributed by atoms with Crippen LogP contribution in [-0.4, -0.2) is 46.1 Å². The fourth-order valence-corrected chi connectivity index (χ4v) is 3.16. The highest BCUT2D eigenvalue weighted by Gasteiger charge is 2.48. The van der Waals surface area contributed by atoms with Gasteiger partial charge in [-0.05, 0) is 37.5 Å². The van der Waals surface area contributed by atoms with E-state index in [1.165, 1.54) is 12.1 Å². The summed E-state index contributed by atoms with van der Waals surface area (Å²) in [5.74, 6) is -3.03. The average molecular weight is 347 g/mol. The molecule has 25 heavy (non-hydrogen) atoms. The number of nitrogens with one attached hydrogen (secondary N) is 1. The number of benzene rings is 1. The number of nitrogens with zero attached hydrogens (tertiary/aromatic N) is 2. The second-order valence-electron chi connectivity index (χ2n) is 6.30. The summed E-state index contributed by atoms with van der Waals surface area (Å²) < 4.78 is 13.5. The number of imide groups is 2. The molecule has 0 radical (unpaired) electrons. The molecule has 0 aromatic heterocycles. The first-order valence-corrected chi connectivity index (χ1v) is 8.13. The molecule has 0 bridgehead atoms. The Kier molecular flexibility index (Phi) is 4.52. The fraction of sp³-hybridized carbons (Fsp3) is 0.412. The van der Waals surface area contributed by atoms with Gasteiger partial charge in [-0.3, -0.25) is 19.3 Å². The number of aryl methyl sites for hydroxylation is 1. The van der Waals surface area contributed by atoms with Gasteiger partial charge in [0, 0.05) is 11.7 Å². The second-order valence-corrected chi connectivity index (χ2v) is 6.30. The van der Waals surface area contributed by atoms with E-state index in [1.54, 1.807) is 6.92 Å². The maximum Gasteiger partial charge on any atom is 0.334 e. The molecule has 1 aliphatic heterocycles. The van der Waals surface area contributed by atoms with E-state index in [-0.39, 0.29) is 11.7 Å². The Labute approximate surface area is 143 Å². The van der Waals surface area contributed by atoms with E-state index in [2.05, 4.69) is 5.32 Å². The van der Waals surface area contributed by atoms with Gasteiger partial charge in [0.2, 0.25) is 5.91 Å². The monoisotopic (exact) mass is 347 g/mol. The van der Waals surface area contributed by atoms with Crippen LogP contribution in [0.1, 0.15) is 31.2 Å². The third kappa shape index (κ3) is 3.24. The van der Waals surface area contributed by atoms with E-state index >= 15 is 0 Å². The minimum Gasteiger partial charge on any atom is -0.324 e. The molecular weight excluding hydrogens is 329 g/mol. The van der Waals surface area contributed by atoms with Crippen LogP contribution in [0.25, 0.3) is 0 Å². The molecule has 7 nitrogen and oxygen atoms in total. The Hall–Kier alpha value is -2.77. The van der Waals surface area contributed by atoms with Crippen LogP contribution in [-0.2, 0) is 14.4 Å². The zero-order chi connectivity index (χ0) is 18.1. The molecule has 0 spiro atoms. The van der Waals surface area contributed by atoms with Gasteiger partial charge in [0.15, 0.2) is 0 Å². The molecule has 1 aromatic carbocycles. The van der Waals surface area contributed by atoms with Gasteiger partial charge in [0.1, 0.15) is 12.4 Å². The number of urea groups is 1. The predicted octanol–water partition coefficient (Wildman–Crippen LogP) is 1.81. The largest absolute Gasteiger partial charge is 0.334 e. The minimum atomic E-state index is -0.998. The molecule has 1 heterocycles. The van der Waals surface area contributed by atoms with Crippen molar-refractivity contribution in [2.75, 3.05) is 11.9 Å². The van der Waals surface area contributed by atoms with E-state index in [0.29, 0.717) is 23.3 Å². The summed E-state index contributed by atoms with van der Waals surface area (Å²) in [5.41, 5.74) is 0.645. The Morgan fingerprint density at radius 3 is 2.52 bits per heavy atom. The molecule has 2 fully saturated rings. The highest BCUT2D eigenvalue weighted by atomic mass is 19.1. The Bertz CT molecular complexity index is 758. The van der Waals surface area contributed by atoms with E-state index in [1.807, 2.05) is 0 Å². The topological polar surface area (TPSA) is 86.8 Å². The maximum absolute atomic E-state index is 13.5. The lowest BCUT2D eigenvalue weighted by atomic mass is 10.2. The van der Waals surface area contributed by atoms with Crippen LogP contribution in [0.3, 0.4) is 0 Å². The molecule has 1 aromatic rings. The van der Waals surface area contributed by atoms with Crippen LogP contribution in [0.4, 0.5) is 14.9 Å². The number of rotatable bonds is 4. The van der Waals surface area contributed by atoms with Crippen molar-refractivity contribution in [1.82, 2.24) is 9.80 Å². The predicted molar refractivity (Wildman–Crippen MR) is 86.0 cm³/mol. The van der Waals surface area contributed by atoms with Gasteiger partial charge in [-0.2, -0.15) is 0 Å². The van der Waals surface area contributed by atoms with Gasteiger partial charge in [-0.25, -0.2) is 14.1 Å². The minimum absolute atomic E-state index is 0.214. The van der Waals surface area contributed by atoms with E-state index in [0.717, 1.165) is 23.8 Å². The molecule has 1 saturated carbocycles. The molecule has 2 aliphatic rings. The van der Waals surface area contributed by atoms with Crippen molar-refractivity contribution in [1.29, 1.82) is 0 Å². The van der Waals surface area contributed by atoms with Crippen LogP contribution < -0.4 is 5.32 Å². The van der Waals surface area contributed by atoms with Gasteiger partial charge in [-0.15, -0.1) is 0 Å². The van der Waals surface area contributed by atoms with Crippen molar-refractivity contribution in [2.24, 2.45) is 0 Å². The average Bonchev–Trinajstić information content (AvgIpc) is 3.15. The highest BCUT2D eigenvalue weighted by Crippen LogP contribution is 2.27. The van der Waals surface area contributed by atoms with Crippen LogP contribution in [0.15, 0.2) is 18.2 Å². The van der Waals surface area contributed by atoms with Crippen molar-refractivity contribution in [3.63, 3.8) is 0 Å². The van der Waals surface area contributed by atoms with Gasteiger partial charge in [0.25, 0.3) is 0 Å².